The number of aliphatic hydroxyl groups is 1. The molecule has 3 heterocycles. The summed E-state index contributed by atoms with van der Waals surface area (Å²) in [4.78, 5) is 46.7. The highest BCUT2D eigenvalue weighted by atomic mass is 32.3. The topological polar surface area (TPSA) is 278 Å². The first-order valence-corrected chi connectivity index (χ1v) is 15.2. The summed E-state index contributed by atoms with van der Waals surface area (Å²) in [6, 6.07) is 3.63. The number of thiazole rings is 1. The zero-order chi connectivity index (χ0) is 33.3. The molecule has 7 N–H and O–H groups in total. The number of aryl methyl sites for hydroxylation is 1. The summed E-state index contributed by atoms with van der Waals surface area (Å²) in [7, 11) is -3.48. The van der Waals surface area contributed by atoms with E-state index in [9.17, 15) is 37.6 Å². The Morgan fingerprint density at radius 3 is 2.64 bits per heavy atom. The molecule has 0 radical (unpaired) electrons. The summed E-state index contributed by atoms with van der Waals surface area (Å²) in [5.41, 5.74) is 9.85. The summed E-state index contributed by atoms with van der Waals surface area (Å²) >= 11 is 0.941. The number of amides is 2. The Balaban J connectivity index is 1.49. The molecular weight excluding hydrogens is 640 g/mol. The molecule has 3 atom stereocenters. The number of hydroxylamine groups is 2. The Morgan fingerprint density at radius 2 is 2.07 bits per heavy atom. The minimum Gasteiger partial charge on any atom is -0.724 e. The van der Waals surface area contributed by atoms with E-state index in [1.807, 2.05) is 4.68 Å². The minimum atomic E-state index is -5.27. The molecule has 0 saturated carbocycles. The second kappa shape index (κ2) is 12.9. The third-order valence-corrected chi connectivity index (χ3v) is 7.74. The first-order valence-electron chi connectivity index (χ1n) is 13.0. The summed E-state index contributed by atoms with van der Waals surface area (Å²) in [6.45, 7) is 2.45. The van der Waals surface area contributed by atoms with Crippen LogP contribution in [0.1, 0.15) is 19.5 Å². The molecule has 2 unspecified atom stereocenters. The van der Waals surface area contributed by atoms with Crippen molar-refractivity contribution in [2.45, 2.75) is 44.2 Å². The van der Waals surface area contributed by atoms with Crippen molar-refractivity contribution in [3.05, 3.63) is 35.5 Å². The molecule has 45 heavy (non-hydrogen) atoms. The molecule has 3 aromatic rings. The Hall–Kier alpha value is -4.41. The Labute approximate surface area is 259 Å². The third kappa shape index (κ3) is 7.46. The number of hydrogen-bond donors (Lipinski definition) is 5. The van der Waals surface area contributed by atoms with Crippen LogP contribution in [0.5, 0.6) is 5.75 Å². The Bertz CT molecular complexity index is 1750. The second-order valence-corrected chi connectivity index (χ2v) is 12.2. The average Bonchev–Trinajstić information content (AvgIpc) is 3.53. The first-order chi connectivity index (χ1) is 21.0. The van der Waals surface area contributed by atoms with E-state index in [0.29, 0.717) is 10.8 Å². The third-order valence-electron chi connectivity index (χ3n) is 6.74. The summed E-state index contributed by atoms with van der Waals surface area (Å²) < 4.78 is 46.3. The largest absolute Gasteiger partial charge is 0.724 e. The molecule has 0 aliphatic carbocycles. The van der Waals surface area contributed by atoms with E-state index in [-0.39, 0.29) is 23.9 Å². The van der Waals surface area contributed by atoms with Gasteiger partial charge in [0.25, 0.3) is 17.9 Å². The predicted octanol–water partition coefficient (Wildman–Crippen LogP) is -2.43. The minimum absolute atomic E-state index is 0.0408. The number of aromatic nitrogens is 3. The summed E-state index contributed by atoms with van der Waals surface area (Å²) in [6.07, 6.45) is -0.699. The lowest BCUT2D eigenvalue weighted by molar-refractivity contribution is -0.775. The first kappa shape index (κ1) is 33.5. The van der Waals surface area contributed by atoms with Crippen LogP contribution in [0.25, 0.3) is 10.9 Å². The van der Waals surface area contributed by atoms with Crippen LogP contribution in [-0.4, -0.2) is 98.3 Å². The molecule has 1 saturated heterocycles. The number of anilines is 1. The number of carbonyl (C=O) groups is 3. The van der Waals surface area contributed by atoms with E-state index in [1.54, 1.807) is 36.1 Å². The smallest absolute Gasteiger partial charge is 0.351 e. The maximum Gasteiger partial charge on any atom is 0.351 e. The molecule has 1 aliphatic rings. The number of benzene rings is 1. The second-order valence-electron chi connectivity index (χ2n) is 10.3. The number of nitrogen functional groups attached to an aromatic ring is 1. The van der Waals surface area contributed by atoms with Gasteiger partial charge in [0.15, 0.2) is 17.4 Å². The Morgan fingerprint density at radius 1 is 1.36 bits per heavy atom. The molecule has 2 aromatic heterocycles. The van der Waals surface area contributed by atoms with Crippen LogP contribution in [0.3, 0.4) is 0 Å². The molecule has 1 aliphatic heterocycles. The van der Waals surface area contributed by atoms with Crippen LogP contribution < -0.4 is 26.2 Å². The average molecular weight is 671 g/mol. The van der Waals surface area contributed by atoms with Gasteiger partial charge in [-0.1, -0.05) is 5.16 Å². The van der Waals surface area contributed by atoms with Crippen molar-refractivity contribution in [3.8, 4) is 5.75 Å². The molecule has 0 spiro atoms. The number of rotatable bonds is 14. The number of nitrogens with zero attached hydrogens (tertiary/aromatic N) is 5. The molecule has 0 bridgehead atoms. The van der Waals surface area contributed by atoms with Gasteiger partial charge < -0.3 is 41.1 Å². The lowest BCUT2D eigenvalue weighted by Crippen LogP contribution is -2.76. The van der Waals surface area contributed by atoms with Crippen molar-refractivity contribution in [1.29, 1.82) is 0 Å². The van der Waals surface area contributed by atoms with E-state index in [4.69, 9.17) is 21.0 Å². The SMILES string of the molecule is Cn1c2ccc(OCC(O/N=C(\C(=O)NC3C(=O)N(OS(=O)(=O)[O-])C3(C)C)c3csc(N)n3)C(=O)O)cc2c[n+]1C[C@H](O)CN. The van der Waals surface area contributed by atoms with E-state index < -0.39 is 64.3 Å². The van der Waals surface area contributed by atoms with Gasteiger partial charge in [-0.3, -0.25) is 9.59 Å². The van der Waals surface area contributed by atoms with Crippen LogP contribution in [0, 0.1) is 0 Å². The van der Waals surface area contributed by atoms with Gasteiger partial charge in [-0.2, -0.15) is 14.0 Å². The molecule has 21 heteroatoms. The zero-order valence-electron chi connectivity index (χ0n) is 24.0. The number of hydrogen-bond acceptors (Lipinski definition) is 15. The molecule has 1 fully saturated rings. The Kier molecular flexibility index (Phi) is 9.60. The molecule has 1 aromatic carbocycles. The summed E-state index contributed by atoms with van der Waals surface area (Å²) in [5.74, 6) is -3.28. The van der Waals surface area contributed by atoms with Crippen molar-refractivity contribution in [3.63, 3.8) is 0 Å². The molecule has 244 valence electrons. The number of nitrogens with one attached hydrogen (secondary N) is 1. The van der Waals surface area contributed by atoms with Gasteiger partial charge >= 0.3 is 5.97 Å². The number of ether oxygens (including phenoxy) is 1. The fourth-order valence-corrected chi connectivity index (χ4v) is 5.32. The fraction of sp³-hybridized carbons (Fsp3) is 0.417. The predicted molar refractivity (Wildman–Crippen MR) is 153 cm³/mol. The van der Waals surface area contributed by atoms with Crippen LogP contribution in [-0.2, 0) is 47.5 Å². The molecule has 2 amide bonds. The van der Waals surface area contributed by atoms with Crippen molar-refractivity contribution in [1.82, 2.24) is 20.0 Å². The number of aliphatic hydroxyl groups excluding tert-OH is 1. The highest BCUT2D eigenvalue weighted by Gasteiger charge is 2.57. The number of carbonyl (C=O) groups excluding carboxylic acids is 2. The van der Waals surface area contributed by atoms with Crippen LogP contribution in [0.15, 0.2) is 34.9 Å². The number of aliphatic carboxylic acids is 1. The monoisotopic (exact) mass is 670 g/mol. The summed E-state index contributed by atoms with van der Waals surface area (Å²) in [5, 5.41) is 28.1. The molecule has 4 rings (SSSR count). The normalized spacial score (nSPS) is 17.9. The van der Waals surface area contributed by atoms with Gasteiger partial charge in [-0.25, -0.2) is 18.2 Å². The van der Waals surface area contributed by atoms with Crippen LogP contribution >= 0.6 is 11.3 Å². The highest BCUT2D eigenvalue weighted by molar-refractivity contribution is 7.80. The van der Waals surface area contributed by atoms with Crippen molar-refractivity contribution in [2.75, 3.05) is 18.9 Å². The van der Waals surface area contributed by atoms with E-state index in [0.717, 1.165) is 22.2 Å². The fourth-order valence-electron chi connectivity index (χ4n) is 4.32. The number of carboxylic acids is 1. The van der Waals surface area contributed by atoms with Gasteiger partial charge in [0.1, 0.15) is 35.7 Å². The molecule has 19 nitrogen and oxygen atoms in total. The number of fused-ring (bicyclic) bond motifs is 1. The van der Waals surface area contributed by atoms with Gasteiger partial charge in [-0.05, 0) is 32.0 Å². The van der Waals surface area contributed by atoms with Crippen LogP contribution in [0.2, 0.25) is 0 Å². The van der Waals surface area contributed by atoms with Crippen molar-refractivity contribution >= 4 is 61.3 Å². The number of carboxylic acid groups (broad SMARTS) is 1. The number of nitrogens with two attached hydrogens (primary N) is 2. The number of oxime groups is 1. The van der Waals surface area contributed by atoms with Gasteiger partial charge in [0, 0.05) is 11.9 Å². The highest BCUT2D eigenvalue weighted by Crippen LogP contribution is 2.33. The lowest BCUT2D eigenvalue weighted by Gasteiger charge is -2.51. The van der Waals surface area contributed by atoms with Crippen LogP contribution in [0.4, 0.5) is 5.13 Å². The quantitative estimate of drug-likeness (QED) is 0.0298. The van der Waals surface area contributed by atoms with Gasteiger partial charge in [-0.15, -0.1) is 16.0 Å². The standard InChI is InChI=1S/C24H30N8O11S2/c1-24(2)19(21(35)32(24)43-45(38,39)40)28-20(34)18(15-11-44-23(26)27-15)29-42-17(22(36)37)10-41-14-4-5-16-12(6-14)8-31(30(16)3)9-13(33)7-25/h4-6,8,11,13,17,19,33H,7,9-10,25H2,1-3H3,(H4-,26,27,28,34,36,37,38,39,40)/b29-18-/t13-,17?,19?/m1/s1. The molecular formula is C24H30N8O11S2. The maximum atomic E-state index is 13.2. The zero-order valence-corrected chi connectivity index (χ0v) is 25.6. The number of β-lactam (4-membered cyclic amide) rings is 1. The van der Waals surface area contributed by atoms with Gasteiger partial charge in [0.2, 0.25) is 16.6 Å². The van der Waals surface area contributed by atoms with Gasteiger partial charge in [0.05, 0.1) is 18.0 Å². The van der Waals surface area contributed by atoms with Crippen molar-refractivity contribution < 1.29 is 56.1 Å². The van der Waals surface area contributed by atoms with E-state index >= 15 is 0 Å². The van der Waals surface area contributed by atoms with Crippen molar-refractivity contribution in [2.24, 2.45) is 17.9 Å². The maximum absolute atomic E-state index is 13.2. The van der Waals surface area contributed by atoms with E-state index in [2.05, 4.69) is 19.7 Å². The van der Waals surface area contributed by atoms with E-state index in [1.165, 1.54) is 19.2 Å². The lowest BCUT2D eigenvalue weighted by atomic mass is 9.84.